The molecule has 2 heteroatoms. The van der Waals surface area contributed by atoms with Crippen molar-refractivity contribution in [3.05, 3.63) is 65.5 Å². The van der Waals surface area contributed by atoms with E-state index < -0.39 is 6.10 Å². The molecule has 0 fully saturated rings. The molecule has 0 radical (unpaired) electrons. The highest BCUT2D eigenvalue weighted by Gasteiger charge is 2.09. The van der Waals surface area contributed by atoms with Gasteiger partial charge in [0, 0.05) is 18.0 Å². The Kier molecular flexibility index (Phi) is 2.79. The Morgan fingerprint density at radius 3 is 2.40 bits per heavy atom. The van der Waals surface area contributed by atoms with Crippen LogP contribution in [-0.2, 0) is 0 Å². The van der Waals surface area contributed by atoms with Crippen LogP contribution >= 0.6 is 0 Å². The van der Waals surface area contributed by atoms with E-state index in [4.69, 9.17) is 0 Å². The van der Waals surface area contributed by atoms with E-state index in [0.29, 0.717) is 0 Å². The summed E-state index contributed by atoms with van der Waals surface area (Å²) in [6.07, 6.45) is 2.80. The van der Waals surface area contributed by atoms with E-state index in [9.17, 15) is 5.11 Å². The number of nitrogens with zero attached hydrogens (tertiary/aromatic N) is 1. The Balaban J connectivity index is 2.29. The van der Waals surface area contributed by atoms with E-state index in [1.165, 1.54) is 5.56 Å². The van der Waals surface area contributed by atoms with Crippen LogP contribution in [0, 0.1) is 6.92 Å². The van der Waals surface area contributed by atoms with Crippen LogP contribution < -0.4 is 0 Å². The third-order valence-electron chi connectivity index (χ3n) is 2.39. The van der Waals surface area contributed by atoms with Crippen LogP contribution in [0.2, 0.25) is 0 Å². The lowest BCUT2D eigenvalue weighted by molar-refractivity contribution is 0.220. The number of benzene rings is 1. The Hall–Kier alpha value is -1.67. The highest BCUT2D eigenvalue weighted by molar-refractivity contribution is 5.29. The molecule has 0 spiro atoms. The first-order chi connectivity index (χ1) is 7.27. The summed E-state index contributed by atoms with van der Waals surface area (Å²) in [4.78, 5) is 3.99. The van der Waals surface area contributed by atoms with Gasteiger partial charge in [0.1, 0.15) is 6.10 Å². The van der Waals surface area contributed by atoms with Crippen LogP contribution in [-0.4, -0.2) is 10.1 Å². The van der Waals surface area contributed by atoms with Gasteiger partial charge < -0.3 is 5.11 Å². The van der Waals surface area contributed by atoms with Crippen LogP contribution in [0.15, 0.2) is 48.8 Å². The normalized spacial score (nSPS) is 12.4. The summed E-state index contributed by atoms with van der Waals surface area (Å²) in [5, 5.41) is 10.0. The van der Waals surface area contributed by atoms with Crippen molar-refractivity contribution in [2.24, 2.45) is 0 Å². The van der Waals surface area contributed by atoms with Gasteiger partial charge in [0.15, 0.2) is 0 Å². The van der Waals surface area contributed by atoms with E-state index in [1.54, 1.807) is 12.4 Å². The lowest BCUT2D eigenvalue weighted by atomic mass is 10.0. The van der Waals surface area contributed by atoms with Gasteiger partial charge in [-0.3, -0.25) is 4.98 Å². The molecule has 0 amide bonds. The van der Waals surface area contributed by atoms with Gasteiger partial charge in [-0.1, -0.05) is 35.9 Å². The largest absolute Gasteiger partial charge is 0.384 e. The molecule has 2 aromatic rings. The zero-order valence-electron chi connectivity index (χ0n) is 8.59. The number of hydrogen-bond donors (Lipinski definition) is 1. The Morgan fingerprint density at radius 1 is 1.07 bits per heavy atom. The second-order valence-electron chi connectivity index (χ2n) is 3.60. The molecule has 2 rings (SSSR count). The smallest absolute Gasteiger partial charge is 0.106 e. The lowest BCUT2D eigenvalue weighted by Gasteiger charge is -2.10. The average Bonchev–Trinajstić information content (AvgIpc) is 2.30. The Bertz CT molecular complexity index is 422. The second-order valence-corrected chi connectivity index (χ2v) is 3.60. The number of aliphatic hydroxyl groups excluding tert-OH is 1. The van der Waals surface area contributed by atoms with Crippen molar-refractivity contribution in [3.63, 3.8) is 0 Å². The highest BCUT2D eigenvalue weighted by atomic mass is 16.3. The van der Waals surface area contributed by atoms with Crippen LogP contribution in [0.5, 0.6) is 0 Å². The molecule has 1 aromatic heterocycles. The van der Waals surface area contributed by atoms with Crippen LogP contribution in [0.4, 0.5) is 0 Å². The van der Waals surface area contributed by atoms with E-state index >= 15 is 0 Å². The van der Waals surface area contributed by atoms with Crippen molar-refractivity contribution in [1.82, 2.24) is 4.98 Å². The average molecular weight is 199 g/mol. The fraction of sp³-hybridized carbons (Fsp3) is 0.154. The molecule has 15 heavy (non-hydrogen) atoms. The van der Waals surface area contributed by atoms with E-state index in [1.807, 2.05) is 43.3 Å². The quantitative estimate of drug-likeness (QED) is 0.806. The maximum absolute atomic E-state index is 10.0. The van der Waals surface area contributed by atoms with Crippen molar-refractivity contribution in [2.45, 2.75) is 13.0 Å². The predicted octanol–water partition coefficient (Wildman–Crippen LogP) is 2.47. The minimum atomic E-state index is -0.584. The number of aromatic nitrogens is 1. The third-order valence-corrected chi connectivity index (χ3v) is 2.39. The number of rotatable bonds is 2. The molecule has 1 atom stereocenters. The van der Waals surface area contributed by atoms with Crippen LogP contribution in [0.25, 0.3) is 0 Å². The minimum Gasteiger partial charge on any atom is -0.384 e. The Morgan fingerprint density at radius 2 is 1.80 bits per heavy atom. The van der Waals surface area contributed by atoms with Crippen LogP contribution in [0.1, 0.15) is 22.8 Å². The maximum Gasteiger partial charge on any atom is 0.106 e. The second kappa shape index (κ2) is 4.24. The molecular formula is C13H13NO. The molecule has 0 aliphatic carbocycles. The van der Waals surface area contributed by atoms with Gasteiger partial charge in [0.05, 0.1) is 0 Å². The molecular weight excluding hydrogens is 186 g/mol. The topological polar surface area (TPSA) is 33.1 Å². The SMILES string of the molecule is Cc1ccc([C@H](O)c2cccnc2)cc1. The lowest BCUT2D eigenvalue weighted by Crippen LogP contribution is -1.99. The molecule has 1 heterocycles. The summed E-state index contributed by atoms with van der Waals surface area (Å²) in [5.41, 5.74) is 2.91. The maximum atomic E-state index is 10.0. The fourth-order valence-corrected chi connectivity index (χ4v) is 1.48. The number of pyridine rings is 1. The standard InChI is InChI=1S/C13H13NO/c1-10-4-6-11(7-5-10)13(15)12-3-2-8-14-9-12/h2-9,13,15H,1H3/t13-/m0/s1. The molecule has 0 saturated carbocycles. The van der Waals surface area contributed by atoms with Crippen molar-refractivity contribution in [3.8, 4) is 0 Å². The fourth-order valence-electron chi connectivity index (χ4n) is 1.48. The molecule has 0 bridgehead atoms. The van der Waals surface area contributed by atoms with Gasteiger partial charge in [0.2, 0.25) is 0 Å². The molecule has 2 nitrogen and oxygen atoms in total. The highest BCUT2D eigenvalue weighted by Crippen LogP contribution is 2.20. The van der Waals surface area contributed by atoms with Crippen molar-refractivity contribution < 1.29 is 5.11 Å². The summed E-state index contributed by atoms with van der Waals surface area (Å²) in [6.45, 7) is 2.03. The van der Waals surface area contributed by atoms with E-state index in [-0.39, 0.29) is 0 Å². The van der Waals surface area contributed by atoms with Crippen molar-refractivity contribution in [2.75, 3.05) is 0 Å². The summed E-state index contributed by atoms with van der Waals surface area (Å²) < 4.78 is 0. The molecule has 76 valence electrons. The molecule has 0 aliphatic rings. The summed E-state index contributed by atoms with van der Waals surface area (Å²) >= 11 is 0. The van der Waals surface area contributed by atoms with Crippen molar-refractivity contribution in [1.29, 1.82) is 0 Å². The van der Waals surface area contributed by atoms with Gasteiger partial charge in [0.25, 0.3) is 0 Å². The summed E-state index contributed by atoms with van der Waals surface area (Å²) in [7, 11) is 0. The first-order valence-corrected chi connectivity index (χ1v) is 4.92. The van der Waals surface area contributed by atoms with Crippen LogP contribution in [0.3, 0.4) is 0 Å². The molecule has 0 saturated heterocycles. The number of hydrogen-bond acceptors (Lipinski definition) is 2. The van der Waals surface area contributed by atoms with Gasteiger partial charge in [-0.05, 0) is 18.6 Å². The molecule has 0 aliphatic heterocycles. The zero-order valence-corrected chi connectivity index (χ0v) is 8.59. The first kappa shape index (κ1) is 9.87. The molecule has 0 unspecified atom stereocenters. The van der Waals surface area contributed by atoms with Gasteiger partial charge in [-0.25, -0.2) is 0 Å². The number of aryl methyl sites for hydroxylation is 1. The van der Waals surface area contributed by atoms with Gasteiger partial charge >= 0.3 is 0 Å². The van der Waals surface area contributed by atoms with Gasteiger partial charge in [-0.2, -0.15) is 0 Å². The van der Waals surface area contributed by atoms with E-state index in [0.717, 1.165) is 11.1 Å². The molecule has 1 N–H and O–H groups in total. The van der Waals surface area contributed by atoms with Gasteiger partial charge in [-0.15, -0.1) is 0 Å². The van der Waals surface area contributed by atoms with E-state index in [2.05, 4.69) is 4.98 Å². The summed E-state index contributed by atoms with van der Waals surface area (Å²) in [6, 6.07) is 11.6. The summed E-state index contributed by atoms with van der Waals surface area (Å²) in [5.74, 6) is 0. The Labute approximate surface area is 89.2 Å². The number of aliphatic hydroxyl groups is 1. The first-order valence-electron chi connectivity index (χ1n) is 4.92. The van der Waals surface area contributed by atoms with Crippen molar-refractivity contribution >= 4 is 0 Å². The third kappa shape index (κ3) is 2.22. The zero-order chi connectivity index (χ0) is 10.7. The molecule has 1 aromatic carbocycles. The predicted molar refractivity (Wildman–Crippen MR) is 59.5 cm³/mol. The minimum absolute atomic E-state index is 0.584. The monoisotopic (exact) mass is 199 g/mol.